The van der Waals surface area contributed by atoms with Gasteiger partial charge in [0, 0.05) is 19.1 Å². The molecule has 1 N–H and O–H groups in total. The van der Waals surface area contributed by atoms with E-state index in [4.69, 9.17) is 0 Å². The maximum absolute atomic E-state index is 3.66. The van der Waals surface area contributed by atoms with Crippen LogP contribution < -0.4 is 5.32 Å². The first-order valence-electron chi connectivity index (χ1n) is 6.49. The van der Waals surface area contributed by atoms with Gasteiger partial charge in [-0.25, -0.2) is 0 Å². The van der Waals surface area contributed by atoms with Gasteiger partial charge in [-0.3, -0.25) is 0 Å². The molecule has 0 aromatic carbocycles. The lowest BCUT2D eigenvalue weighted by molar-refractivity contribution is 0.264. The van der Waals surface area contributed by atoms with Crippen molar-refractivity contribution in [3.63, 3.8) is 0 Å². The Balaban J connectivity index is 2.15. The van der Waals surface area contributed by atoms with E-state index in [-0.39, 0.29) is 0 Å². The summed E-state index contributed by atoms with van der Waals surface area (Å²) in [5.41, 5.74) is 0.444. The van der Waals surface area contributed by atoms with Gasteiger partial charge in [0.1, 0.15) is 0 Å². The van der Waals surface area contributed by atoms with Crippen LogP contribution in [0.4, 0.5) is 0 Å². The minimum atomic E-state index is 0.444. The SMILES string of the molecule is CCC(C)(C)CNC(C)CN1CCCC1. The van der Waals surface area contributed by atoms with E-state index in [0.29, 0.717) is 11.5 Å². The smallest absolute Gasteiger partial charge is 0.0166 e. The number of nitrogens with one attached hydrogen (secondary N) is 1. The highest BCUT2D eigenvalue weighted by atomic mass is 15.2. The fraction of sp³-hybridized carbons (Fsp3) is 1.00. The molecule has 0 spiro atoms. The quantitative estimate of drug-likeness (QED) is 0.728. The summed E-state index contributed by atoms with van der Waals surface area (Å²) in [5, 5.41) is 3.66. The third kappa shape index (κ3) is 4.98. The molecule has 2 nitrogen and oxygen atoms in total. The van der Waals surface area contributed by atoms with E-state index < -0.39 is 0 Å². The molecule has 90 valence electrons. The molecule has 0 bridgehead atoms. The largest absolute Gasteiger partial charge is 0.312 e. The zero-order valence-electron chi connectivity index (χ0n) is 11.0. The third-order valence-electron chi connectivity index (χ3n) is 3.62. The molecule has 1 atom stereocenters. The first kappa shape index (κ1) is 13.0. The monoisotopic (exact) mass is 212 g/mol. The lowest BCUT2D eigenvalue weighted by Crippen LogP contribution is -2.41. The Kier molecular flexibility index (Phi) is 5.07. The number of nitrogens with zero attached hydrogens (tertiary/aromatic N) is 1. The standard InChI is InChI=1S/C13H28N2/c1-5-13(3,4)11-14-12(2)10-15-8-6-7-9-15/h12,14H,5-11H2,1-4H3. The highest BCUT2D eigenvalue weighted by molar-refractivity contribution is 4.76. The highest BCUT2D eigenvalue weighted by Gasteiger charge is 2.18. The molecule has 1 aliphatic heterocycles. The van der Waals surface area contributed by atoms with E-state index in [1.807, 2.05) is 0 Å². The molecular formula is C13H28N2. The molecule has 15 heavy (non-hydrogen) atoms. The Labute approximate surface area is 95.4 Å². The molecule has 1 heterocycles. The van der Waals surface area contributed by atoms with Crippen molar-refractivity contribution < 1.29 is 0 Å². The predicted octanol–water partition coefficient (Wildman–Crippen LogP) is 2.50. The molecule has 1 aliphatic rings. The molecule has 0 saturated carbocycles. The zero-order chi connectivity index (χ0) is 11.3. The summed E-state index contributed by atoms with van der Waals surface area (Å²) in [6.07, 6.45) is 4.04. The molecule has 1 fully saturated rings. The first-order valence-corrected chi connectivity index (χ1v) is 6.49. The molecule has 0 aromatic rings. The third-order valence-corrected chi connectivity index (χ3v) is 3.62. The summed E-state index contributed by atoms with van der Waals surface area (Å²) < 4.78 is 0. The van der Waals surface area contributed by atoms with Gasteiger partial charge >= 0.3 is 0 Å². The minimum absolute atomic E-state index is 0.444. The molecule has 1 saturated heterocycles. The van der Waals surface area contributed by atoms with Crippen molar-refractivity contribution in [1.82, 2.24) is 10.2 Å². The van der Waals surface area contributed by atoms with Crippen LogP contribution in [-0.4, -0.2) is 37.1 Å². The van der Waals surface area contributed by atoms with Crippen molar-refractivity contribution in [2.24, 2.45) is 5.41 Å². The van der Waals surface area contributed by atoms with Crippen molar-refractivity contribution >= 4 is 0 Å². The number of rotatable bonds is 6. The van der Waals surface area contributed by atoms with E-state index in [1.165, 1.54) is 38.9 Å². The lowest BCUT2D eigenvalue weighted by atomic mass is 9.90. The van der Waals surface area contributed by atoms with Gasteiger partial charge in [-0.05, 0) is 44.7 Å². The van der Waals surface area contributed by atoms with Crippen LogP contribution in [0.25, 0.3) is 0 Å². The van der Waals surface area contributed by atoms with E-state index in [9.17, 15) is 0 Å². The fourth-order valence-electron chi connectivity index (χ4n) is 1.99. The van der Waals surface area contributed by atoms with Crippen LogP contribution in [0, 0.1) is 5.41 Å². The summed E-state index contributed by atoms with van der Waals surface area (Å²) in [5.74, 6) is 0. The molecule has 1 rings (SSSR count). The second-order valence-electron chi connectivity index (χ2n) is 5.81. The van der Waals surface area contributed by atoms with Gasteiger partial charge in [-0.15, -0.1) is 0 Å². The first-order chi connectivity index (χ1) is 7.03. The highest BCUT2D eigenvalue weighted by Crippen LogP contribution is 2.18. The normalized spacial score (nSPS) is 20.8. The average molecular weight is 212 g/mol. The Morgan fingerprint density at radius 1 is 1.27 bits per heavy atom. The summed E-state index contributed by atoms with van der Waals surface area (Å²) in [6, 6.07) is 0.633. The topological polar surface area (TPSA) is 15.3 Å². The van der Waals surface area contributed by atoms with Gasteiger partial charge in [-0.1, -0.05) is 20.8 Å². The lowest BCUT2D eigenvalue weighted by Gasteiger charge is -2.27. The molecular weight excluding hydrogens is 184 g/mol. The number of likely N-dealkylation sites (tertiary alicyclic amines) is 1. The van der Waals surface area contributed by atoms with Gasteiger partial charge in [0.25, 0.3) is 0 Å². The molecule has 0 aromatic heterocycles. The average Bonchev–Trinajstić information content (AvgIpc) is 2.68. The number of hydrogen-bond donors (Lipinski definition) is 1. The Morgan fingerprint density at radius 3 is 2.40 bits per heavy atom. The number of hydrogen-bond acceptors (Lipinski definition) is 2. The van der Waals surface area contributed by atoms with Crippen molar-refractivity contribution in [2.75, 3.05) is 26.2 Å². The van der Waals surface area contributed by atoms with Gasteiger partial charge in [0.05, 0.1) is 0 Å². The maximum atomic E-state index is 3.66. The second-order valence-corrected chi connectivity index (χ2v) is 5.81. The van der Waals surface area contributed by atoms with E-state index in [2.05, 4.69) is 37.9 Å². The summed E-state index contributed by atoms with van der Waals surface area (Å²) in [4.78, 5) is 2.58. The Bertz CT molecular complexity index is 171. The minimum Gasteiger partial charge on any atom is -0.312 e. The second kappa shape index (κ2) is 5.86. The summed E-state index contributed by atoms with van der Waals surface area (Å²) >= 11 is 0. The molecule has 2 heteroatoms. The molecule has 0 radical (unpaired) electrons. The van der Waals surface area contributed by atoms with Gasteiger partial charge in [0.2, 0.25) is 0 Å². The summed E-state index contributed by atoms with van der Waals surface area (Å²) in [6.45, 7) is 14.2. The maximum Gasteiger partial charge on any atom is 0.0166 e. The summed E-state index contributed by atoms with van der Waals surface area (Å²) in [7, 11) is 0. The predicted molar refractivity (Wildman–Crippen MR) is 67.2 cm³/mol. The molecule has 0 aliphatic carbocycles. The van der Waals surface area contributed by atoms with Gasteiger partial charge in [-0.2, -0.15) is 0 Å². The van der Waals surface area contributed by atoms with Gasteiger partial charge < -0.3 is 10.2 Å². The van der Waals surface area contributed by atoms with Crippen LogP contribution in [0.5, 0.6) is 0 Å². The molecule has 1 unspecified atom stereocenters. The van der Waals surface area contributed by atoms with Crippen LogP contribution >= 0.6 is 0 Å². The van der Waals surface area contributed by atoms with Crippen molar-refractivity contribution in [2.45, 2.75) is 53.0 Å². The Morgan fingerprint density at radius 2 is 1.87 bits per heavy atom. The van der Waals surface area contributed by atoms with Crippen molar-refractivity contribution in [3.05, 3.63) is 0 Å². The van der Waals surface area contributed by atoms with Crippen LogP contribution in [-0.2, 0) is 0 Å². The fourth-order valence-corrected chi connectivity index (χ4v) is 1.99. The van der Waals surface area contributed by atoms with E-state index in [1.54, 1.807) is 0 Å². The van der Waals surface area contributed by atoms with Crippen LogP contribution in [0.15, 0.2) is 0 Å². The zero-order valence-corrected chi connectivity index (χ0v) is 11.0. The molecule has 0 amide bonds. The van der Waals surface area contributed by atoms with E-state index in [0.717, 1.165) is 6.54 Å². The van der Waals surface area contributed by atoms with Crippen LogP contribution in [0.1, 0.15) is 47.0 Å². The van der Waals surface area contributed by atoms with Crippen molar-refractivity contribution in [3.8, 4) is 0 Å². The van der Waals surface area contributed by atoms with Crippen molar-refractivity contribution in [1.29, 1.82) is 0 Å². The van der Waals surface area contributed by atoms with Gasteiger partial charge in [0.15, 0.2) is 0 Å². The van der Waals surface area contributed by atoms with E-state index >= 15 is 0 Å². The van der Waals surface area contributed by atoms with Crippen LogP contribution in [0.2, 0.25) is 0 Å². The Hall–Kier alpha value is -0.0800. The van der Waals surface area contributed by atoms with Crippen LogP contribution in [0.3, 0.4) is 0 Å².